The van der Waals surface area contributed by atoms with Gasteiger partial charge in [0.05, 0.1) is 12.6 Å². The molecular weight excluding hydrogens is 318 g/mol. The number of carbonyl (C=O) groups is 1. The molecule has 0 aliphatic carbocycles. The van der Waals surface area contributed by atoms with E-state index < -0.39 is 0 Å². The lowest BCUT2D eigenvalue weighted by Gasteiger charge is -2.15. The Labute approximate surface area is 148 Å². The summed E-state index contributed by atoms with van der Waals surface area (Å²) in [4.78, 5) is 11.8. The van der Waals surface area contributed by atoms with Gasteiger partial charge in [0.25, 0.3) is 0 Å². The molecule has 1 unspecified atom stereocenters. The van der Waals surface area contributed by atoms with Crippen molar-refractivity contribution in [2.45, 2.75) is 19.9 Å². The van der Waals surface area contributed by atoms with Crippen LogP contribution in [0, 0.1) is 6.92 Å². The highest BCUT2D eigenvalue weighted by Crippen LogP contribution is 2.12. The molecule has 1 atom stereocenters. The molecule has 0 saturated carbocycles. The van der Waals surface area contributed by atoms with E-state index in [1.165, 1.54) is 0 Å². The molecule has 1 N–H and O–H groups in total. The van der Waals surface area contributed by atoms with Gasteiger partial charge in [-0.2, -0.15) is 0 Å². The van der Waals surface area contributed by atoms with Crippen LogP contribution in [0.25, 0.3) is 0 Å². The molecule has 0 aliphatic heterocycles. The minimum absolute atomic E-state index is 0.00688. The predicted molar refractivity (Wildman–Crippen MR) is 97.0 cm³/mol. The predicted octanol–water partition coefficient (Wildman–Crippen LogP) is 2.97. The van der Waals surface area contributed by atoms with Crippen LogP contribution < -0.4 is 14.8 Å². The first-order valence-corrected chi connectivity index (χ1v) is 8.38. The number of hydrogen-bond donors (Lipinski definition) is 1. The largest absolute Gasteiger partial charge is 0.491 e. The minimum atomic E-state index is -0.167. The molecule has 5 heteroatoms. The molecule has 2 rings (SSSR count). The average Bonchev–Trinajstić information content (AvgIpc) is 2.61. The maximum Gasteiger partial charge on any atom is 0.246 e. The third-order valence-electron chi connectivity index (χ3n) is 3.37. The van der Waals surface area contributed by atoms with E-state index in [0.717, 1.165) is 17.1 Å². The molecule has 134 valence electrons. The van der Waals surface area contributed by atoms with E-state index in [1.54, 1.807) is 0 Å². The Balaban J connectivity index is 1.55. The zero-order chi connectivity index (χ0) is 17.9. The number of ether oxygens (including phenoxy) is 3. The number of amides is 1. The Bertz CT molecular complexity index is 645. The summed E-state index contributed by atoms with van der Waals surface area (Å²) in [5.74, 6) is 1.42. The lowest BCUT2D eigenvalue weighted by atomic mass is 10.2. The van der Waals surface area contributed by atoms with Gasteiger partial charge < -0.3 is 19.5 Å². The number of carbonyl (C=O) groups excluding carboxylic acids is 1. The second-order valence-corrected chi connectivity index (χ2v) is 5.81. The monoisotopic (exact) mass is 343 g/mol. The van der Waals surface area contributed by atoms with E-state index >= 15 is 0 Å². The molecule has 2 aromatic carbocycles. The van der Waals surface area contributed by atoms with E-state index in [9.17, 15) is 4.79 Å². The van der Waals surface area contributed by atoms with Gasteiger partial charge in [-0.25, -0.2) is 0 Å². The molecule has 25 heavy (non-hydrogen) atoms. The van der Waals surface area contributed by atoms with Gasteiger partial charge in [0.1, 0.15) is 31.3 Å². The highest BCUT2D eigenvalue weighted by atomic mass is 16.5. The lowest BCUT2D eigenvalue weighted by Crippen LogP contribution is -2.39. The fraction of sp³-hybridized carbons (Fsp3) is 0.350. The van der Waals surface area contributed by atoms with Gasteiger partial charge in [-0.15, -0.1) is 0 Å². The Morgan fingerprint density at radius 3 is 2.52 bits per heavy atom. The van der Waals surface area contributed by atoms with Crippen molar-refractivity contribution in [1.29, 1.82) is 0 Å². The van der Waals surface area contributed by atoms with Crippen LogP contribution in [0.2, 0.25) is 0 Å². The molecule has 0 spiro atoms. The number of aryl methyl sites for hydroxylation is 1. The Morgan fingerprint density at radius 1 is 1.00 bits per heavy atom. The molecule has 0 fully saturated rings. The molecular formula is C20H25NO4. The Kier molecular flexibility index (Phi) is 7.79. The van der Waals surface area contributed by atoms with Crippen molar-refractivity contribution in [3.05, 3.63) is 60.2 Å². The summed E-state index contributed by atoms with van der Waals surface area (Å²) in [5, 5.41) is 2.84. The number of rotatable bonds is 10. The fourth-order valence-electron chi connectivity index (χ4n) is 2.18. The van der Waals surface area contributed by atoms with Gasteiger partial charge in [-0.3, -0.25) is 4.79 Å². The van der Waals surface area contributed by atoms with E-state index in [0.29, 0.717) is 19.8 Å². The zero-order valence-electron chi connectivity index (χ0n) is 14.7. The van der Waals surface area contributed by atoms with Gasteiger partial charge in [-0.1, -0.05) is 30.3 Å². The second-order valence-electron chi connectivity index (χ2n) is 5.81. The molecule has 5 nitrogen and oxygen atoms in total. The SMILES string of the molecule is Cc1cccc(OCC(C)NC(=O)COCCOc2ccccc2)c1. The molecule has 0 aromatic heterocycles. The van der Waals surface area contributed by atoms with Crippen LogP contribution in [0.1, 0.15) is 12.5 Å². The summed E-state index contributed by atoms with van der Waals surface area (Å²) >= 11 is 0. The van der Waals surface area contributed by atoms with Gasteiger partial charge in [0, 0.05) is 0 Å². The smallest absolute Gasteiger partial charge is 0.246 e. The molecule has 0 heterocycles. The summed E-state index contributed by atoms with van der Waals surface area (Å²) in [7, 11) is 0. The Hall–Kier alpha value is -2.53. The summed E-state index contributed by atoms with van der Waals surface area (Å²) in [6.45, 7) is 5.09. The fourth-order valence-corrected chi connectivity index (χ4v) is 2.18. The van der Waals surface area contributed by atoms with Crippen molar-refractivity contribution >= 4 is 5.91 Å². The third-order valence-corrected chi connectivity index (χ3v) is 3.37. The first-order chi connectivity index (χ1) is 12.1. The number of nitrogens with one attached hydrogen (secondary N) is 1. The van der Waals surface area contributed by atoms with Crippen molar-refractivity contribution in [2.24, 2.45) is 0 Å². The molecule has 0 aliphatic rings. The van der Waals surface area contributed by atoms with Crippen molar-refractivity contribution in [1.82, 2.24) is 5.32 Å². The van der Waals surface area contributed by atoms with Crippen molar-refractivity contribution in [3.8, 4) is 11.5 Å². The van der Waals surface area contributed by atoms with Crippen LogP contribution in [0.15, 0.2) is 54.6 Å². The second kappa shape index (κ2) is 10.4. The summed E-state index contributed by atoms with van der Waals surface area (Å²) in [5.41, 5.74) is 1.14. The van der Waals surface area contributed by atoms with E-state index in [4.69, 9.17) is 14.2 Å². The number of para-hydroxylation sites is 1. The molecule has 0 saturated heterocycles. The summed E-state index contributed by atoms with van der Waals surface area (Å²) in [6.07, 6.45) is 0. The first-order valence-electron chi connectivity index (χ1n) is 8.38. The van der Waals surface area contributed by atoms with Crippen LogP contribution >= 0.6 is 0 Å². The van der Waals surface area contributed by atoms with Crippen molar-refractivity contribution < 1.29 is 19.0 Å². The van der Waals surface area contributed by atoms with Gasteiger partial charge >= 0.3 is 0 Å². The van der Waals surface area contributed by atoms with Gasteiger partial charge in [0.15, 0.2) is 0 Å². The van der Waals surface area contributed by atoms with Gasteiger partial charge in [-0.05, 0) is 43.7 Å². The quantitative estimate of drug-likeness (QED) is 0.674. The first kappa shape index (κ1) is 18.8. The maximum absolute atomic E-state index is 11.8. The van der Waals surface area contributed by atoms with E-state index in [2.05, 4.69) is 5.32 Å². The summed E-state index contributed by atoms with van der Waals surface area (Å²) < 4.78 is 16.5. The Morgan fingerprint density at radius 2 is 1.76 bits per heavy atom. The van der Waals surface area contributed by atoms with Crippen molar-refractivity contribution in [3.63, 3.8) is 0 Å². The normalized spacial score (nSPS) is 11.6. The average molecular weight is 343 g/mol. The number of hydrogen-bond acceptors (Lipinski definition) is 4. The minimum Gasteiger partial charge on any atom is -0.491 e. The maximum atomic E-state index is 11.8. The van der Waals surface area contributed by atoms with Gasteiger partial charge in [0.2, 0.25) is 5.91 Å². The zero-order valence-corrected chi connectivity index (χ0v) is 14.7. The van der Waals surface area contributed by atoms with Crippen LogP contribution in [-0.2, 0) is 9.53 Å². The van der Waals surface area contributed by atoms with Crippen LogP contribution in [0.4, 0.5) is 0 Å². The van der Waals surface area contributed by atoms with Crippen LogP contribution in [0.3, 0.4) is 0 Å². The number of benzene rings is 2. The highest BCUT2D eigenvalue weighted by molar-refractivity contribution is 5.77. The lowest BCUT2D eigenvalue weighted by molar-refractivity contribution is -0.126. The topological polar surface area (TPSA) is 56.8 Å². The third kappa shape index (κ3) is 7.72. The van der Waals surface area contributed by atoms with Crippen molar-refractivity contribution in [2.75, 3.05) is 26.4 Å². The van der Waals surface area contributed by atoms with E-state index in [1.807, 2.05) is 68.4 Å². The molecule has 0 bridgehead atoms. The molecule has 0 radical (unpaired) electrons. The molecule has 1 amide bonds. The highest BCUT2D eigenvalue weighted by Gasteiger charge is 2.08. The standard InChI is InChI=1S/C20H25NO4/c1-16-7-6-10-19(13-16)25-14-17(2)21-20(22)15-23-11-12-24-18-8-4-3-5-9-18/h3-10,13,17H,11-12,14-15H2,1-2H3,(H,21,22). The summed E-state index contributed by atoms with van der Waals surface area (Å²) in [6, 6.07) is 17.2. The van der Waals surface area contributed by atoms with Crippen LogP contribution in [0.5, 0.6) is 11.5 Å². The molecule has 2 aromatic rings. The van der Waals surface area contributed by atoms with Crippen LogP contribution in [-0.4, -0.2) is 38.4 Å². The van der Waals surface area contributed by atoms with E-state index in [-0.39, 0.29) is 18.6 Å².